The van der Waals surface area contributed by atoms with Crippen LogP contribution in [0.2, 0.25) is 10.2 Å². The van der Waals surface area contributed by atoms with Gasteiger partial charge in [0.15, 0.2) is 0 Å². The minimum atomic E-state index is -0.928. The van der Waals surface area contributed by atoms with Crippen molar-refractivity contribution in [2.75, 3.05) is 0 Å². The number of nitrogens with zero attached hydrogens (tertiary/aromatic N) is 4. The topological polar surface area (TPSA) is 55.9 Å². The van der Waals surface area contributed by atoms with E-state index in [4.69, 9.17) is 23.2 Å². The number of rotatable bonds is 4. The lowest BCUT2D eigenvalue weighted by Gasteiger charge is -2.14. The van der Waals surface area contributed by atoms with E-state index in [1.807, 2.05) is 6.92 Å². The number of aryl methyl sites for hydroxylation is 3. The van der Waals surface area contributed by atoms with Crippen LogP contribution in [-0.4, -0.2) is 24.7 Å². The normalized spacial score (nSPS) is 12.9. The van der Waals surface area contributed by atoms with Crippen LogP contribution in [0.5, 0.6) is 0 Å². The highest BCUT2D eigenvalue weighted by molar-refractivity contribution is 6.31. The highest BCUT2D eigenvalue weighted by Crippen LogP contribution is 2.34. The number of hydrogen-bond donors (Lipinski definition) is 1. The van der Waals surface area contributed by atoms with E-state index in [1.54, 1.807) is 18.7 Å². The van der Waals surface area contributed by atoms with Crippen LogP contribution in [0.3, 0.4) is 0 Å². The average molecular weight is 303 g/mol. The Balaban J connectivity index is 2.49. The molecule has 2 rings (SSSR count). The molecule has 0 aliphatic heterocycles. The maximum atomic E-state index is 10.6. The van der Waals surface area contributed by atoms with Crippen LogP contribution < -0.4 is 0 Å². The van der Waals surface area contributed by atoms with Crippen molar-refractivity contribution in [3.8, 4) is 0 Å². The molecule has 19 heavy (non-hydrogen) atoms. The van der Waals surface area contributed by atoms with Crippen molar-refractivity contribution < 1.29 is 5.11 Å². The lowest BCUT2D eigenvalue weighted by molar-refractivity contribution is 0.207. The van der Waals surface area contributed by atoms with Gasteiger partial charge in [-0.2, -0.15) is 10.2 Å². The first-order valence-electron chi connectivity index (χ1n) is 6.05. The van der Waals surface area contributed by atoms with Gasteiger partial charge in [0, 0.05) is 19.2 Å². The summed E-state index contributed by atoms with van der Waals surface area (Å²) in [5.74, 6) is 0. The van der Waals surface area contributed by atoms with Gasteiger partial charge >= 0.3 is 0 Å². The first-order chi connectivity index (χ1) is 8.97. The zero-order valence-corrected chi connectivity index (χ0v) is 12.6. The Hall–Kier alpha value is -1.04. The highest BCUT2D eigenvalue weighted by Gasteiger charge is 2.26. The molecule has 2 heterocycles. The summed E-state index contributed by atoms with van der Waals surface area (Å²) in [5.41, 5.74) is 1.81. The van der Waals surface area contributed by atoms with E-state index in [1.165, 1.54) is 10.9 Å². The fraction of sp³-hybridized carbons (Fsp3) is 0.500. The fourth-order valence-corrected chi connectivity index (χ4v) is 2.65. The molecule has 1 N–H and O–H groups in total. The summed E-state index contributed by atoms with van der Waals surface area (Å²) >= 11 is 12.3. The maximum absolute atomic E-state index is 10.6. The van der Waals surface area contributed by atoms with Gasteiger partial charge in [-0.3, -0.25) is 9.36 Å². The number of hydrogen-bond acceptors (Lipinski definition) is 3. The molecule has 1 unspecified atom stereocenters. The van der Waals surface area contributed by atoms with Crippen molar-refractivity contribution in [3.63, 3.8) is 0 Å². The summed E-state index contributed by atoms with van der Waals surface area (Å²) in [7, 11) is 1.73. The molecule has 0 fully saturated rings. The van der Waals surface area contributed by atoms with Crippen LogP contribution in [0.4, 0.5) is 0 Å². The summed E-state index contributed by atoms with van der Waals surface area (Å²) in [6.45, 7) is 4.53. The van der Waals surface area contributed by atoms with E-state index in [-0.39, 0.29) is 0 Å². The lowest BCUT2D eigenvalue weighted by Crippen LogP contribution is -2.11. The van der Waals surface area contributed by atoms with Crippen LogP contribution in [-0.2, 0) is 13.6 Å². The van der Waals surface area contributed by atoms with Crippen molar-refractivity contribution >= 4 is 23.2 Å². The zero-order valence-electron chi connectivity index (χ0n) is 11.1. The van der Waals surface area contributed by atoms with Crippen LogP contribution in [0.1, 0.15) is 36.4 Å². The summed E-state index contributed by atoms with van der Waals surface area (Å²) in [6, 6.07) is 0. The summed E-state index contributed by atoms with van der Waals surface area (Å²) < 4.78 is 3.24. The van der Waals surface area contributed by atoms with E-state index in [0.29, 0.717) is 33.7 Å². The van der Waals surface area contributed by atoms with Gasteiger partial charge in [-0.25, -0.2) is 0 Å². The molecule has 2 aromatic heterocycles. The van der Waals surface area contributed by atoms with Gasteiger partial charge in [0.05, 0.1) is 22.6 Å². The van der Waals surface area contributed by atoms with Gasteiger partial charge in [-0.05, 0) is 13.3 Å². The second-order valence-electron chi connectivity index (χ2n) is 4.42. The van der Waals surface area contributed by atoms with E-state index in [0.717, 1.165) is 6.42 Å². The third-order valence-electron chi connectivity index (χ3n) is 3.00. The minimum absolute atomic E-state index is 0.408. The molecule has 2 aromatic rings. The molecular formula is C12H16Cl2N4O. The summed E-state index contributed by atoms with van der Waals surface area (Å²) in [4.78, 5) is 0. The molecule has 0 spiro atoms. The number of aromatic nitrogens is 4. The minimum Gasteiger partial charge on any atom is -0.382 e. The summed E-state index contributed by atoms with van der Waals surface area (Å²) in [5, 5.41) is 19.8. The number of aliphatic hydroxyl groups excluding tert-OH is 1. The SMILES string of the molecule is CCCn1ncc(Cl)c1C(O)c1c(C)nn(C)c1Cl. The molecule has 0 radical (unpaired) electrons. The molecule has 1 atom stereocenters. The van der Waals surface area contributed by atoms with Crippen molar-refractivity contribution in [3.05, 3.63) is 33.3 Å². The molecule has 0 amide bonds. The Morgan fingerprint density at radius 3 is 2.63 bits per heavy atom. The van der Waals surface area contributed by atoms with Crippen LogP contribution in [0, 0.1) is 6.92 Å². The third-order valence-corrected chi connectivity index (χ3v) is 3.74. The molecule has 7 heteroatoms. The molecule has 104 valence electrons. The molecule has 0 saturated carbocycles. The van der Waals surface area contributed by atoms with E-state index in [2.05, 4.69) is 10.2 Å². The van der Waals surface area contributed by atoms with E-state index < -0.39 is 6.10 Å². The molecule has 0 aliphatic rings. The highest BCUT2D eigenvalue weighted by atomic mass is 35.5. The first-order valence-corrected chi connectivity index (χ1v) is 6.81. The van der Waals surface area contributed by atoms with Gasteiger partial charge in [0.2, 0.25) is 0 Å². The monoisotopic (exact) mass is 302 g/mol. The lowest BCUT2D eigenvalue weighted by atomic mass is 10.1. The smallest absolute Gasteiger partial charge is 0.133 e. The third kappa shape index (κ3) is 2.50. The predicted octanol–water partition coefficient (Wildman–Crippen LogP) is 2.72. The Labute approximate surface area is 121 Å². The van der Waals surface area contributed by atoms with Crippen molar-refractivity contribution in [2.24, 2.45) is 7.05 Å². The van der Waals surface area contributed by atoms with Crippen molar-refractivity contribution in [2.45, 2.75) is 32.9 Å². The van der Waals surface area contributed by atoms with Crippen LogP contribution in [0.25, 0.3) is 0 Å². The van der Waals surface area contributed by atoms with Gasteiger partial charge in [-0.1, -0.05) is 30.1 Å². The standard InChI is InChI=1S/C12H16Cl2N4O/c1-4-5-18-10(8(13)6-15-18)11(19)9-7(2)16-17(3)12(9)14/h6,11,19H,4-5H2,1-3H3. The van der Waals surface area contributed by atoms with Gasteiger partial charge in [-0.15, -0.1) is 0 Å². The Morgan fingerprint density at radius 1 is 1.42 bits per heavy atom. The second kappa shape index (κ2) is 5.53. The summed E-state index contributed by atoms with van der Waals surface area (Å²) in [6.07, 6.45) is 1.51. The molecule has 0 aromatic carbocycles. The maximum Gasteiger partial charge on any atom is 0.133 e. The fourth-order valence-electron chi connectivity index (χ4n) is 2.13. The molecule has 0 aliphatic carbocycles. The van der Waals surface area contributed by atoms with Crippen LogP contribution >= 0.6 is 23.2 Å². The Kier molecular flexibility index (Phi) is 4.18. The van der Waals surface area contributed by atoms with Gasteiger partial charge in [0.1, 0.15) is 11.3 Å². The van der Waals surface area contributed by atoms with Crippen LogP contribution in [0.15, 0.2) is 6.20 Å². The van der Waals surface area contributed by atoms with Gasteiger partial charge < -0.3 is 5.11 Å². The molecule has 5 nitrogen and oxygen atoms in total. The average Bonchev–Trinajstić information content (AvgIpc) is 2.81. The van der Waals surface area contributed by atoms with E-state index in [9.17, 15) is 5.11 Å². The molecule has 0 saturated heterocycles. The number of aliphatic hydroxyl groups is 1. The Morgan fingerprint density at radius 2 is 2.11 bits per heavy atom. The van der Waals surface area contributed by atoms with Crippen molar-refractivity contribution in [1.29, 1.82) is 0 Å². The molecular weight excluding hydrogens is 287 g/mol. The zero-order chi connectivity index (χ0) is 14.2. The van der Waals surface area contributed by atoms with Crippen molar-refractivity contribution in [1.82, 2.24) is 19.6 Å². The first kappa shape index (κ1) is 14.4. The largest absolute Gasteiger partial charge is 0.382 e. The van der Waals surface area contributed by atoms with Gasteiger partial charge in [0.25, 0.3) is 0 Å². The predicted molar refractivity (Wildman–Crippen MR) is 74.5 cm³/mol. The second-order valence-corrected chi connectivity index (χ2v) is 5.18. The van der Waals surface area contributed by atoms with E-state index >= 15 is 0 Å². The quantitative estimate of drug-likeness (QED) is 0.945. The number of halogens is 2. The molecule has 0 bridgehead atoms. The Bertz CT molecular complexity index is 591.